The third kappa shape index (κ3) is 6.79. The molecule has 0 aliphatic heterocycles. The Balaban J connectivity index is 2.14. The van der Waals surface area contributed by atoms with Gasteiger partial charge in [0.1, 0.15) is 0 Å². The molecule has 20 heavy (non-hydrogen) atoms. The summed E-state index contributed by atoms with van der Waals surface area (Å²) < 4.78 is 0. The second-order valence-corrected chi connectivity index (χ2v) is 6.70. The molecule has 0 spiro atoms. The van der Waals surface area contributed by atoms with Crippen LogP contribution >= 0.6 is 11.8 Å². The van der Waals surface area contributed by atoms with Crippen LogP contribution in [0.4, 0.5) is 4.79 Å². The number of amides is 3. The van der Waals surface area contributed by atoms with Crippen LogP contribution in [-0.4, -0.2) is 41.1 Å². The maximum atomic E-state index is 11.5. The van der Waals surface area contributed by atoms with Crippen LogP contribution in [0.5, 0.6) is 0 Å². The van der Waals surface area contributed by atoms with Gasteiger partial charge in [0.2, 0.25) is 5.91 Å². The van der Waals surface area contributed by atoms with Gasteiger partial charge in [-0.25, -0.2) is 4.79 Å². The van der Waals surface area contributed by atoms with Crippen molar-refractivity contribution in [1.29, 1.82) is 0 Å². The van der Waals surface area contributed by atoms with Crippen LogP contribution in [0.3, 0.4) is 0 Å². The number of carboxylic acid groups (broad SMARTS) is 1. The SMILES string of the molecule is CC(C)CNC(=O)NC(=O)CSCC1(CC(=O)O)CC1. The normalized spacial score (nSPS) is 15.8. The van der Waals surface area contributed by atoms with Gasteiger partial charge in [-0.05, 0) is 29.9 Å². The van der Waals surface area contributed by atoms with Gasteiger partial charge in [-0.1, -0.05) is 13.8 Å². The predicted octanol–water partition coefficient (Wildman–Crippen LogP) is 1.46. The highest BCUT2D eigenvalue weighted by Crippen LogP contribution is 2.50. The molecule has 0 radical (unpaired) electrons. The highest BCUT2D eigenvalue weighted by atomic mass is 32.2. The molecule has 0 saturated heterocycles. The third-order valence-electron chi connectivity index (χ3n) is 3.05. The van der Waals surface area contributed by atoms with Gasteiger partial charge in [0, 0.05) is 6.54 Å². The van der Waals surface area contributed by atoms with Crippen molar-refractivity contribution in [1.82, 2.24) is 10.6 Å². The molecule has 1 saturated carbocycles. The van der Waals surface area contributed by atoms with Gasteiger partial charge in [-0.3, -0.25) is 14.9 Å². The van der Waals surface area contributed by atoms with Crippen molar-refractivity contribution in [2.24, 2.45) is 11.3 Å². The number of nitrogens with one attached hydrogen (secondary N) is 2. The van der Waals surface area contributed by atoms with Crippen molar-refractivity contribution in [2.45, 2.75) is 33.1 Å². The average molecular weight is 302 g/mol. The summed E-state index contributed by atoms with van der Waals surface area (Å²) in [5.41, 5.74) is -0.128. The molecule has 3 amide bonds. The van der Waals surface area contributed by atoms with Gasteiger partial charge in [0.15, 0.2) is 0 Å². The number of carboxylic acids is 1. The van der Waals surface area contributed by atoms with Crippen molar-refractivity contribution in [3.05, 3.63) is 0 Å². The molecule has 1 aliphatic rings. The van der Waals surface area contributed by atoms with E-state index in [1.807, 2.05) is 13.8 Å². The van der Waals surface area contributed by atoms with E-state index in [1.54, 1.807) is 0 Å². The number of thioether (sulfide) groups is 1. The molecular formula is C13H22N2O4S. The molecule has 114 valence electrons. The Labute approximate surface area is 123 Å². The Morgan fingerprint density at radius 3 is 2.45 bits per heavy atom. The summed E-state index contributed by atoms with van der Waals surface area (Å²) in [6.45, 7) is 4.46. The number of imide groups is 1. The summed E-state index contributed by atoms with van der Waals surface area (Å²) in [6, 6.07) is -0.476. The summed E-state index contributed by atoms with van der Waals surface area (Å²) >= 11 is 1.38. The Kier molecular flexibility index (Phi) is 6.32. The van der Waals surface area contributed by atoms with Crippen molar-refractivity contribution < 1.29 is 19.5 Å². The number of carbonyl (C=O) groups is 3. The summed E-state index contributed by atoms with van der Waals surface area (Å²) in [7, 11) is 0. The quantitative estimate of drug-likeness (QED) is 0.631. The van der Waals surface area contributed by atoms with Gasteiger partial charge in [-0.15, -0.1) is 0 Å². The summed E-state index contributed by atoms with van der Waals surface area (Å²) in [6.07, 6.45) is 1.97. The second kappa shape index (κ2) is 7.52. The van der Waals surface area contributed by atoms with Crippen LogP contribution in [0.1, 0.15) is 33.1 Å². The average Bonchev–Trinajstić information content (AvgIpc) is 3.05. The number of carbonyl (C=O) groups excluding carboxylic acids is 2. The van der Waals surface area contributed by atoms with Gasteiger partial charge >= 0.3 is 12.0 Å². The highest BCUT2D eigenvalue weighted by molar-refractivity contribution is 8.00. The molecular weight excluding hydrogens is 280 g/mol. The number of rotatable bonds is 8. The Hall–Kier alpha value is -1.24. The van der Waals surface area contributed by atoms with Crippen LogP contribution in [0.15, 0.2) is 0 Å². The molecule has 0 atom stereocenters. The van der Waals surface area contributed by atoms with E-state index in [1.165, 1.54) is 11.8 Å². The van der Waals surface area contributed by atoms with Crippen molar-refractivity contribution in [2.75, 3.05) is 18.1 Å². The summed E-state index contributed by atoms with van der Waals surface area (Å²) in [4.78, 5) is 33.5. The number of urea groups is 1. The fourth-order valence-electron chi connectivity index (χ4n) is 1.73. The first-order valence-corrected chi connectivity index (χ1v) is 7.86. The minimum atomic E-state index is -0.791. The van der Waals surface area contributed by atoms with Crippen molar-refractivity contribution in [3.8, 4) is 0 Å². The van der Waals surface area contributed by atoms with Crippen LogP contribution in [0.2, 0.25) is 0 Å². The van der Waals surface area contributed by atoms with E-state index >= 15 is 0 Å². The fourth-order valence-corrected chi connectivity index (χ4v) is 2.92. The molecule has 0 unspecified atom stereocenters. The smallest absolute Gasteiger partial charge is 0.321 e. The Morgan fingerprint density at radius 2 is 1.95 bits per heavy atom. The molecule has 0 aromatic rings. The molecule has 1 fully saturated rings. The van der Waals surface area contributed by atoms with E-state index < -0.39 is 12.0 Å². The Bertz CT molecular complexity index is 381. The highest BCUT2D eigenvalue weighted by Gasteiger charge is 2.44. The first-order valence-electron chi connectivity index (χ1n) is 6.70. The van der Waals surface area contributed by atoms with E-state index in [-0.39, 0.29) is 23.5 Å². The van der Waals surface area contributed by atoms with Crippen molar-refractivity contribution >= 4 is 29.7 Å². The lowest BCUT2D eigenvalue weighted by Crippen LogP contribution is -2.41. The topological polar surface area (TPSA) is 95.5 Å². The van der Waals surface area contributed by atoms with Crippen molar-refractivity contribution in [3.63, 3.8) is 0 Å². The van der Waals surface area contributed by atoms with Gasteiger partial charge < -0.3 is 10.4 Å². The first-order chi connectivity index (χ1) is 9.33. The van der Waals surface area contributed by atoms with E-state index in [0.29, 0.717) is 18.2 Å². The second-order valence-electron chi connectivity index (χ2n) is 5.72. The molecule has 0 aromatic carbocycles. The molecule has 0 bridgehead atoms. The fraction of sp³-hybridized carbons (Fsp3) is 0.769. The van der Waals surface area contributed by atoms with Crippen LogP contribution < -0.4 is 10.6 Å². The summed E-state index contributed by atoms with van der Waals surface area (Å²) in [5.74, 6) is 0.0236. The maximum absolute atomic E-state index is 11.5. The third-order valence-corrected chi connectivity index (χ3v) is 4.33. The lowest BCUT2D eigenvalue weighted by molar-refractivity contribution is -0.138. The number of hydrogen-bond donors (Lipinski definition) is 3. The standard InChI is InChI=1S/C13H22N2O4S/c1-9(2)6-14-12(19)15-10(16)7-20-8-13(3-4-13)5-11(17)18/h9H,3-8H2,1-2H3,(H,17,18)(H2,14,15,16,19). The molecule has 1 aliphatic carbocycles. The van der Waals surface area contributed by atoms with Crippen LogP contribution in [-0.2, 0) is 9.59 Å². The Morgan fingerprint density at radius 1 is 1.30 bits per heavy atom. The molecule has 0 heterocycles. The van der Waals surface area contributed by atoms with Gasteiger partial charge in [-0.2, -0.15) is 11.8 Å². The van der Waals surface area contributed by atoms with Crippen LogP contribution in [0, 0.1) is 11.3 Å². The first kappa shape index (κ1) is 16.8. The predicted molar refractivity (Wildman–Crippen MR) is 77.6 cm³/mol. The number of hydrogen-bond acceptors (Lipinski definition) is 4. The monoisotopic (exact) mass is 302 g/mol. The minimum absolute atomic E-state index is 0.128. The van der Waals surface area contributed by atoms with E-state index in [9.17, 15) is 14.4 Å². The summed E-state index contributed by atoms with van der Waals surface area (Å²) in [5, 5.41) is 13.6. The van der Waals surface area contributed by atoms with E-state index in [4.69, 9.17) is 5.11 Å². The van der Waals surface area contributed by atoms with E-state index in [0.717, 1.165) is 12.8 Å². The molecule has 6 nitrogen and oxygen atoms in total. The zero-order valence-electron chi connectivity index (χ0n) is 11.9. The van der Waals surface area contributed by atoms with Gasteiger partial charge in [0.05, 0.1) is 12.2 Å². The van der Waals surface area contributed by atoms with Crippen LogP contribution in [0.25, 0.3) is 0 Å². The molecule has 1 rings (SSSR count). The van der Waals surface area contributed by atoms with Gasteiger partial charge in [0.25, 0.3) is 0 Å². The molecule has 0 aromatic heterocycles. The zero-order chi connectivity index (χ0) is 15.2. The lowest BCUT2D eigenvalue weighted by atomic mass is 10.1. The minimum Gasteiger partial charge on any atom is -0.481 e. The molecule has 7 heteroatoms. The zero-order valence-corrected chi connectivity index (χ0v) is 12.7. The maximum Gasteiger partial charge on any atom is 0.321 e. The number of aliphatic carboxylic acids is 1. The largest absolute Gasteiger partial charge is 0.481 e. The lowest BCUT2D eigenvalue weighted by Gasteiger charge is -2.12. The molecule has 3 N–H and O–H groups in total. The van der Waals surface area contributed by atoms with E-state index in [2.05, 4.69) is 10.6 Å².